The highest BCUT2D eigenvalue weighted by Gasteiger charge is 2.39. The highest BCUT2D eigenvalue weighted by molar-refractivity contribution is 9.11. The molecule has 1 aliphatic rings. The van der Waals surface area contributed by atoms with E-state index in [9.17, 15) is 8.42 Å². The van der Waals surface area contributed by atoms with Gasteiger partial charge in [0.05, 0.1) is 11.7 Å². The standard InChI is InChI=1S/C14H13BrN2O2S/c1-14(6-2-12(15)3-7-14)20(18,19)17-9-5-11-4-8-16-10-13(11)17/h2-6,8-10H,7H2,1H3. The quantitative estimate of drug-likeness (QED) is 0.833. The minimum Gasteiger partial charge on any atom is -0.262 e. The molecule has 0 radical (unpaired) electrons. The molecule has 0 aliphatic heterocycles. The highest BCUT2D eigenvalue weighted by atomic mass is 79.9. The van der Waals surface area contributed by atoms with Crippen LogP contribution in [0.3, 0.4) is 0 Å². The summed E-state index contributed by atoms with van der Waals surface area (Å²) < 4.78 is 27.1. The fourth-order valence-electron chi connectivity index (χ4n) is 2.27. The predicted octanol–water partition coefficient (Wildman–Crippen LogP) is 3.21. The Labute approximate surface area is 126 Å². The van der Waals surface area contributed by atoms with Crippen molar-refractivity contribution in [2.45, 2.75) is 18.1 Å². The maximum atomic E-state index is 12.9. The van der Waals surface area contributed by atoms with Crippen molar-refractivity contribution in [3.63, 3.8) is 0 Å². The van der Waals surface area contributed by atoms with Crippen LogP contribution in [0.1, 0.15) is 13.3 Å². The molecule has 0 N–H and O–H groups in total. The van der Waals surface area contributed by atoms with Crippen LogP contribution >= 0.6 is 15.9 Å². The van der Waals surface area contributed by atoms with Crippen LogP contribution < -0.4 is 0 Å². The molecule has 1 atom stereocenters. The third-order valence-electron chi connectivity index (χ3n) is 3.61. The van der Waals surface area contributed by atoms with Gasteiger partial charge in [-0.3, -0.25) is 4.98 Å². The Hall–Kier alpha value is -1.40. The van der Waals surface area contributed by atoms with Crippen LogP contribution in [0, 0.1) is 0 Å². The number of hydrogen-bond donors (Lipinski definition) is 0. The number of rotatable bonds is 2. The van der Waals surface area contributed by atoms with Crippen LogP contribution in [0.25, 0.3) is 10.9 Å². The zero-order chi connectivity index (χ0) is 14.4. The largest absolute Gasteiger partial charge is 0.262 e. The summed E-state index contributed by atoms with van der Waals surface area (Å²) in [7, 11) is -3.54. The second kappa shape index (κ2) is 4.56. The molecule has 104 valence electrons. The van der Waals surface area contributed by atoms with E-state index >= 15 is 0 Å². The topological polar surface area (TPSA) is 52.0 Å². The molecule has 0 saturated carbocycles. The Balaban J connectivity index is 2.16. The van der Waals surface area contributed by atoms with Gasteiger partial charge in [-0.25, -0.2) is 12.4 Å². The molecule has 0 saturated heterocycles. The Bertz CT molecular complexity index is 836. The molecule has 4 nitrogen and oxygen atoms in total. The molecule has 2 aromatic heterocycles. The highest BCUT2D eigenvalue weighted by Crippen LogP contribution is 2.33. The van der Waals surface area contributed by atoms with Gasteiger partial charge in [0.25, 0.3) is 0 Å². The second-order valence-corrected chi connectivity index (χ2v) is 8.18. The van der Waals surface area contributed by atoms with Crippen molar-refractivity contribution >= 4 is 36.9 Å². The Morgan fingerprint density at radius 1 is 1.40 bits per heavy atom. The lowest BCUT2D eigenvalue weighted by atomic mass is 10.0. The molecule has 0 amide bonds. The van der Waals surface area contributed by atoms with E-state index in [0.717, 1.165) is 9.87 Å². The molecule has 0 bridgehead atoms. The summed E-state index contributed by atoms with van der Waals surface area (Å²) in [4.78, 5) is 4.02. The first-order chi connectivity index (χ1) is 9.44. The van der Waals surface area contributed by atoms with Crippen molar-refractivity contribution in [2.75, 3.05) is 0 Å². The molecule has 2 heterocycles. The lowest BCUT2D eigenvalue weighted by Gasteiger charge is -2.27. The molecule has 0 spiro atoms. The van der Waals surface area contributed by atoms with Gasteiger partial charge in [-0.1, -0.05) is 34.2 Å². The Morgan fingerprint density at radius 2 is 2.20 bits per heavy atom. The molecule has 20 heavy (non-hydrogen) atoms. The number of halogens is 1. The smallest absolute Gasteiger partial charge is 0.248 e. The summed E-state index contributed by atoms with van der Waals surface area (Å²) in [5.41, 5.74) is 0.607. The van der Waals surface area contributed by atoms with Gasteiger partial charge in [0, 0.05) is 22.3 Å². The molecular formula is C14H13BrN2O2S. The number of pyridine rings is 1. The first kappa shape index (κ1) is 13.6. The van der Waals surface area contributed by atoms with Crippen LogP contribution in [0.5, 0.6) is 0 Å². The first-order valence-electron chi connectivity index (χ1n) is 6.15. The van der Waals surface area contributed by atoms with E-state index in [4.69, 9.17) is 0 Å². The van der Waals surface area contributed by atoms with E-state index in [0.29, 0.717) is 11.9 Å². The summed E-state index contributed by atoms with van der Waals surface area (Å²) in [6, 6.07) is 3.59. The van der Waals surface area contributed by atoms with Gasteiger partial charge in [-0.05, 0) is 25.5 Å². The van der Waals surface area contributed by atoms with Crippen LogP contribution in [0.4, 0.5) is 0 Å². The fourth-order valence-corrected chi connectivity index (χ4v) is 4.18. The fraction of sp³-hybridized carbons (Fsp3) is 0.214. The van der Waals surface area contributed by atoms with E-state index < -0.39 is 14.8 Å². The van der Waals surface area contributed by atoms with Crippen LogP contribution in [-0.4, -0.2) is 22.1 Å². The van der Waals surface area contributed by atoms with E-state index in [1.807, 2.05) is 6.08 Å². The van der Waals surface area contributed by atoms with E-state index in [-0.39, 0.29) is 0 Å². The van der Waals surface area contributed by atoms with E-state index in [1.54, 1.807) is 49.8 Å². The molecule has 0 aromatic carbocycles. The number of aromatic nitrogens is 2. The summed E-state index contributed by atoms with van der Waals surface area (Å²) in [6.07, 6.45) is 10.7. The second-order valence-electron chi connectivity index (χ2n) is 4.99. The molecule has 6 heteroatoms. The van der Waals surface area contributed by atoms with Crippen molar-refractivity contribution in [1.82, 2.24) is 8.96 Å². The summed E-state index contributed by atoms with van der Waals surface area (Å²) >= 11 is 3.36. The maximum Gasteiger partial charge on any atom is 0.248 e. The van der Waals surface area contributed by atoms with Gasteiger partial charge in [0.1, 0.15) is 4.75 Å². The molecule has 3 rings (SSSR count). The van der Waals surface area contributed by atoms with Gasteiger partial charge < -0.3 is 0 Å². The van der Waals surface area contributed by atoms with Crippen molar-refractivity contribution in [2.24, 2.45) is 0 Å². The summed E-state index contributed by atoms with van der Waals surface area (Å²) in [6.45, 7) is 1.73. The first-order valence-corrected chi connectivity index (χ1v) is 8.38. The average molecular weight is 353 g/mol. The van der Waals surface area contributed by atoms with Crippen LogP contribution in [0.2, 0.25) is 0 Å². The van der Waals surface area contributed by atoms with Gasteiger partial charge in [0.2, 0.25) is 10.0 Å². The molecule has 0 fully saturated rings. The number of allylic oxidation sites excluding steroid dienone is 3. The molecule has 1 unspecified atom stereocenters. The maximum absolute atomic E-state index is 12.9. The van der Waals surface area contributed by atoms with Crippen LogP contribution in [-0.2, 0) is 10.0 Å². The average Bonchev–Trinajstić information content (AvgIpc) is 2.86. The van der Waals surface area contributed by atoms with Crippen molar-refractivity contribution in [1.29, 1.82) is 0 Å². The minimum atomic E-state index is -3.54. The number of nitrogens with zero attached hydrogens (tertiary/aromatic N) is 2. The normalized spacial score (nSPS) is 23.0. The lowest BCUT2D eigenvalue weighted by Crippen LogP contribution is -2.37. The summed E-state index contributed by atoms with van der Waals surface area (Å²) in [5.74, 6) is 0. The Morgan fingerprint density at radius 3 is 2.90 bits per heavy atom. The van der Waals surface area contributed by atoms with Crippen LogP contribution in [0.15, 0.2) is 53.4 Å². The minimum absolute atomic E-state index is 0.437. The third-order valence-corrected chi connectivity index (χ3v) is 6.51. The summed E-state index contributed by atoms with van der Waals surface area (Å²) in [5, 5.41) is 0.865. The van der Waals surface area contributed by atoms with Crippen molar-refractivity contribution in [3.05, 3.63) is 53.4 Å². The zero-order valence-electron chi connectivity index (χ0n) is 10.8. The van der Waals surface area contributed by atoms with Gasteiger partial charge in [-0.2, -0.15) is 0 Å². The number of fused-ring (bicyclic) bond motifs is 1. The van der Waals surface area contributed by atoms with Gasteiger partial charge in [-0.15, -0.1) is 0 Å². The number of hydrogen-bond acceptors (Lipinski definition) is 3. The van der Waals surface area contributed by atoms with E-state index in [1.165, 1.54) is 3.97 Å². The monoisotopic (exact) mass is 352 g/mol. The van der Waals surface area contributed by atoms with Crippen molar-refractivity contribution < 1.29 is 8.42 Å². The Kier molecular flexibility index (Phi) is 3.10. The lowest BCUT2D eigenvalue weighted by molar-refractivity contribution is 0.554. The van der Waals surface area contributed by atoms with Gasteiger partial charge in [0.15, 0.2) is 0 Å². The molecule has 1 aliphatic carbocycles. The SMILES string of the molecule is CC1(S(=O)(=O)n2ccc3ccncc32)C=CC(Br)=CC1. The molecule has 2 aromatic rings. The molecular weight excluding hydrogens is 340 g/mol. The zero-order valence-corrected chi connectivity index (χ0v) is 13.2. The van der Waals surface area contributed by atoms with Gasteiger partial charge >= 0.3 is 0 Å². The van der Waals surface area contributed by atoms with E-state index in [2.05, 4.69) is 20.9 Å². The third kappa shape index (κ3) is 1.94. The van der Waals surface area contributed by atoms with Crippen molar-refractivity contribution in [3.8, 4) is 0 Å². The predicted molar refractivity (Wildman–Crippen MR) is 83.2 cm³/mol.